The third-order valence-corrected chi connectivity index (χ3v) is 13.1. The Morgan fingerprint density at radius 1 is 0.769 bits per heavy atom. The number of H-pyrrole nitrogens is 2. The number of benzene rings is 2. The number of ketones is 2. The van der Waals surface area contributed by atoms with E-state index in [1.165, 1.54) is 43.7 Å². The molecule has 2 aromatic heterocycles. The number of nitrogens with two attached hydrogens (primary N) is 5. The maximum Gasteiger partial charge on any atom is 0.243 e. The van der Waals surface area contributed by atoms with E-state index in [1.807, 2.05) is 24.3 Å². The predicted molar refractivity (Wildman–Crippen MR) is 286 cm³/mol. The van der Waals surface area contributed by atoms with Gasteiger partial charge in [-0.2, -0.15) is 0 Å². The lowest BCUT2D eigenvalue weighted by atomic mass is 9.83. The molecule has 25 nitrogen and oxygen atoms in total. The quantitative estimate of drug-likeness (QED) is 0.0321. The third-order valence-electron chi connectivity index (χ3n) is 13.1. The molecule has 18 N–H and O–H groups in total. The van der Waals surface area contributed by atoms with Crippen LogP contribution in [-0.2, 0) is 62.4 Å². The molecule has 78 heavy (non-hydrogen) atoms. The number of nitrogens with one attached hydrogen (secondary N) is 8. The fourth-order valence-corrected chi connectivity index (χ4v) is 9.04. The Labute approximate surface area is 449 Å². The minimum Gasteiger partial charge on any atom is -0.370 e. The lowest BCUT2D eigenvalue weighted by Gasteiger charge is -2.27. The highest BCUT2D eigenvalue weighted by Gasteiger charge is 2.35. The summed E-state index contributed by atoms with van der Waals surface area (Å²) in [5, 5.41) is 16.9. The second kappa shape index (κ2) is 30.1. The maximum absolute atomic E-state index is 14.9. The van der Waals surface area contributed by atoms with Crippen LogP contribution in [-0.4, -0.2) is 130 Å². The van der Waals surface area contributed by atoms with E-state index in [4.69, 9.17) is 28.7 Å². The number of para-hydroxylation sites is 1. The number of primary amides is 1. The van der Waals surface area contributed by atoms with Gasteiger partial charge in [0.1, 0.15) is 35.8 Å². The first-order chi connectivity index (χ1) is 37.3. The molecule has 3 heterocycles. The number of aliphatic imine (C=N–C) groups is 2. The summed E-state index contributed by atoms with van der Waals surface area (Å²) in [6.07, 6.45) is 3.18. The van der Waals surface area contributed by atoms with Gasteiger partial charge in [-0.15, -0.1) is 0 Å². The molecule has 5 rings (SSSR count). The van der Waals surface area contributed by atoms with Crippen LogP contribution in [0.15, 0.2) is 77.2 Å². The number of imidazole rings is 1. The Balaban J connectivity index is 1.55. The minimum absolute atomic E-state index is 0.00365. The molecule has 4 aromatic rings. The first kappa shape index (κ1) is 60.2. The summed E-state index contributed by atoms with van der Waals surface area (Å²) in [5.74, 6) is -9.54. The lowest BCUT2D eigenvalue weighted by molar-refractivity contribution is -0.135. The molecule has 7 amide bonds. The number of amides is 7. The summed E-state index contributed by atoms with van der Waals surface area (Å²) >= 11 is 0. The fourth-order valence-electron chi connectivity index (χ4n) is 9.04. The van der Waals surface area contributed by atoms with Gasteiger partial charge in [-0.3, -0.25) is 53.1 Å². The van der Waals surface area contributed by atoms with Crippen molar-refractivity contribution in [2.75, 3.05) is 19.6 Å². The van der Waals surface area contributed by atoms with Crippen molar-refractivity contribution >= 4 is 75.7 Å². The van der Waals surface area contributed by atoms with Crippen LogP contribution < -0.4 is 60.6 Å². The molecule has 420 valence electrons. The van der Waals surface area contributed by atoms with Crippen LogP contribution in [0.2, 0.25) is 0 Å². The van der Waals surface area contributed by atoms with Gasteiger partial charge in [-0.25, -0.2) is 9.37 Å². The normalized spacial score (nSPS) is 20.9. The number of hydrogen-bond donors (Lipinski definition) is 13. The SMILES string of the molecule is CC(=O)N[C@H](CCCN=C(N)N)C(=O)N[C@H]1CCCNC(=O)CC[C@@H](C(N)=O)NC(=O)[C@H](Cc2c[nH]c3ccccc23)CC(=O)[C@H](CCCN=C(N)N)CC(=O)[C@@H](Cc2ccc(F)cc2)NC(=O)[C@H](Cc2cnc[nH]2)NC1=O. The molecule has 2 aromatic carbocycles. The molecule has 1 saturated heterocycles. The molecule has 26 heteroatoms. The Kier molecular flexibility index (Phi) is 23.2. The number of guanidine groups is 2. The summed E-state index contributed by atoms with van der Waals surface area (Å²) in [5.41, 5.74) is 30.1. The van der Waals surface area contributed by atoms with Crippen molar-refractivity contribution in [1.82, 2.24) is 46.9 Å². The van der Waals surface area contributed by atoms with Gasteiger partial charge < -0.3 is 70.5 Å². The number of hydrogen-bond acceptors (Lipinski definition) is 12. The van der Waals surface area contributed by atoms with Gasteiger partial charge in [0, 0.05) is 93.1 Å². The summed E-state index contributed by atoms with van der Waals surface area (Å²) < 4.78 is 14.2. The van der Waals surface area contributed by atoms with E-state index in [0.29, 0.717) is 16.8 Å². The Morgan fingerprint density at radius 3 is 2.14 bits per heavy atom. The molecule has 1 fully saturated rings. The molecule has 0 saturated carbocycles. The zero-order valence-corrected chi connectivity index (χ0v) is 43.5. The second-order valence-electron chi connectivity index (χ2n) is 19.2. The van der Waals surface area contributed by atoms with Crippen LogP contribution in [0.25, 0.3) is 10.9 Å². The summed E-state index contributed by atoms with van der Waals surface area (Å²) in [4.78, 5) is 144. The van der Waals surface area contributed by atoms with Crippen LogP contribution in [0, 0.1) is 17.7 Å². The van der Waals surface area contributed by atoms with Crippen LogP contribution in [0.3, 0.4) is 0 Å². The van der Waals surface area contributed by atoms with Gasteiger partial charge >= 0.3 is 0 Å². The number of Topliss-reactive ketones (excluding diaryl/α,β-unsaturated/α-hetero) is 2. The number of nitrogens with zero attached hydrogens (tertiary/aromatic N) is 3. The number of rotatable bonds is 18. The fraction of sp³-hybridized carbons (Fsp3) is 0.462. The molecule has 0 spiro atoms. The molecule has 1 aliphatic rings. The van der Waals surface area contributed by atoms with Crippen molar-refractivity contribution < 1.29 is 47.5 Å². The highest BCUT2D eigenvalue weighted by Crippen LogP contribution is 2.26. The van der Waals surface area contributed by atoms with Crippen LogP contribution in [0.4, 0.5) is 4.39 Å². The highest BCUT2D eigenvalue weighted by molar-refractivity contribution is 5.98. The molecular weight excluding hydrogens is 1010 g/mol. The minimum atomic E-state index is -1.45. The summed E-state index contributed by atoms with van der Waals surface area (Å²) in [6, 6.07) is 5.79. The van der Waals surface area contributed by atoms with Crippen molar-refractivity contribution in [2.24, 2.45) is 50.5 Å². The van der Waals surface area contributed by atoms with E-state index in [0.717, 1.165) is 10.9 Å². The zero-order chi connectivity index (χ0) is 56.7. The van der Waals surface area contributed by atoms with Crippen molar-refractivity contribution in [3.63, 3.8) is 0 Å². The van der Waals surface area contributed by atoms with Gasteiger partial charge in [0.15, 0.2) is 17.7 Å². The van der Waals surface area contributed by atoms with Crippen LogP contribution in [0.5, 0.6) is 0 Å². The lowest BCUT2D eigenvalue weighted by Crippen LogP contribution is -2.58. The number of aromatic amines is 2. The molecular formula is C52H71FN16O9. The van der Waals surface area contributed by atoms with Crippen LogP contribution >= 0.6 is 0 Å². The number of carbonyl (C=O) groups is 9. The van der Waals surface area contributed by atoms with Crippen molar-refractivity contribution in [3.05, 3.63) is 89.9 Å². The molecule has 0 radical (unpaired) electrons. The Morgan fingerprint density at radius 2 is 1.46 bits per heavy atom. The van der Waals surface area contributed by atoms with E-state index in [-0.39, 0.29) is 102 Å². The van der Waals surface area contributed by atoms with Crippen molar-refractivity contribution in [1.29, 1.82) is 0 Å². The largest absolute Gasteiger partial charge is 0.370 e. The maximum atomic E-state index is 14.9. The van der Waals surface area contributed by atoms with Gasteiger partial charge in [0.2, 0.25) is 41.4 Å². The third kappa shape index (κ3) is 19.8. The number of fused-ring (bicyclic) bond motifs is 1. The summed E-state index contributed by atoms with van der Waals surface area (Å²) in [7, 11) is 0. The molecule has 1 aliphatic heterocycles. The van der Waals surface area contributed by atoms with Gasteiger partial charge in [0.25, 0.3) is 0 Å². The molecule has 7 atom stereocenters. The van der Waals surface area contributed by atoms with Crippen LogP contribution in [0.1, 0.15) is 88.0 Å². The molecule has 0 bridgehead atoms. The van der Waals surface area contributed by atoms with Gasteiger partial charge in [-0.05, 0) is 87.1 Å². The molecule has 0 aliphatic carbocycles. The number of halogens is 1. The standard InChI is InChI=1S/C52H71FN16O9/c1-29(70)65-39(10-6-20-62-52(57)58)48(76)67-40-11-5-18-60-45(73)17-16-38(46(54)74)66-47(75)32(22-33-26-63-37-9-3-2-8-36(33)37)24-43(71)31(7-4-19-61-51(55)56)23-44(72)41(21-30-12-14-34(53)15-13-30)68-50(78)42(69-49(40)77)25-35-27-59-28-64-35/h2-3,8-9,12-15,26-28,31-32,38-42,63H,4-7,10-11,16-25H2,1H3,(H2,54,74)(H,59,64)(H,60,73)(H,65,70)(H,66,75)(H,67,76)(H,68,78)(H,69,77)(H4,55,56,61)(H4,57,58,62)/t31-,32-,38+,39-,40+,41-,42+/m1/s1. The van der Waals surface area contributed by atoms with E-state index in [9.17, 15) is 47.5 Å². The Hall–Kier alpha value is -8.71. The van der Waals surface area contributed by atoms with E-state index < -0.39 is 114 Å². The first-order valence-corrected chi connectivity index (χ1v) is 25.7. The number of carbonyl (C=O) groups excluding carboxylic acids is 9. The average molecular weight is 1080 g/mol. The van der Waals surface area contributed by atoms with E-state index in [2.05, 4.69) is 56.8 Å². The monoisotopic (exact) mass is 1080 g/mol. The second-order valence-corrected chi connectivity index (χ2v) is 19.2. The van der Waals surface area contributed by atoms with Crippen molar-refractivity contribution in [3.8, 4) is 0 Å². The highest BCUT2D eigenvalue weighted by atomic mass is 19.1. The van der Waals surface area contributed by atoms with E-state index >= 15 is 0 Å². The van der Waals surface area contributed by atoms with Gasteiger partial charge in [-0.1, -0.05) is 30.3 Å². The van der Waals surface area contributed by atoms with Gasteiger partial charge in [0.05, 0.1) is 12.4 Å². The predicted octanol–water partition coefficient (Wildman–Crippen LogP) is -1.06. The van der Waals surface area contributed by atoms with Crippen molar-refractivity contribution in [2.45, 2.75) is 121 Å². The van der Waals surface area contributed by atoms with E-state index in [1.54, 1.807) is 6.20 Å². The molecule has 0 unspecified atom stereocenters. The average Bonchev–Trinajstić information content (AvgIpc) is 4.07. The first-order valence-electron chi connectivity index (χ1n) is 25.7. The topological polar surface area (TPSA) is 425 Å². The Bertz CT molecular complexity index is 2780. The number of aromatic nitrogens is 3. The smallest absolute Gasteiger partial charge is 0.243 e. The zero-order valence-electron chi connectivity index (χ0n) is 43.5. The summed E-state index contributed by atoms with van der Waals surface area (Å²) in [6.45, 7) is 1.36.